The zero-order chi connectivity index (χ0) is 18.4. The average molecular weight is 348 g/mol. The maximum absolute atomic E-state index is 10.1. The van der Waals surface area contributed by atoms with Crippen molar-refractivity contribution >= 4 is 22.7 Å². The smallest absolute Gasteiger partial charge is 0.200 e. The van der Waals surface area contributed by atoms with Crippen LogP contribution in [0, 0.1) is 5.41 Å². The lowest BCUT2D eigenvalue weighted by Crippen LogP contribution is -2.16. The summed E-state index contributed by atoms with van der Waals surface area (Å²) < 4.78 is 2.19. The van der Waals surface area contributed by atoms with Crippen LogP contribution in [0.15, 0.2) is 42.0 Å². The van der Waals surface area contributed by atoms with E-state index < -0.39 is 5.75 Å². The summed E-state index contributed by atoms with van der Waals surface area (Å²) in [4.78, 5) is 0. The van der Waals surface area contributed by atoms with E-state index in [0.717, 1.165) is 34.3 Å². The number of benzene rings is 2. The van der Waals surface area contributed by atoms with Crippen molar-refractivity contribution < 1.29 is 15.3 Å². The second-order valence-electron chi connectivity index (χ2n) is 6.59. The van der Waals surface area contributed by atoms with E-state index in [2.05, 4.69) is 23.6 Å². The Bertz CT molecular complexity index is 1080. The molecular formula is C21H20N2O3. The molecule has 0 radical (unpaired) electrons. The van der Waals surface area contributed by atoms with Crippen molar-refractivity contribution in [3.8, 4) is 17.2 Å². The van der Waals surface area contributed by atoms with E-state index in [9.17, 15) is 15.3 Å². The van der Waals surface area contributed by atoms with Gasteiger partial charge in [0.2, 0.25) is 5.75 Å². The fourth-order valence-electron chi connectivity index (χ4n) is 3.85. The number of phenols is 3. The Kier molecular flexibility index (Phi) is 3.72. The third-order valence-electron chi connectivity index (χ3n) is 5.01. The summed E-state index contributed by atoms with van der Waals surface area (Å²) in [5.41, 5.74) is 5.23. The molecule has 0 bridgehead atoms. The minimum atomic E-state index is -0.520. The van der Waals surface area contributed by atoms with Gasteiger partial charge in [0.05, 0.1) is 11.4 Å². The van der Waals surface area contributed by atoms with Crippen molar-refractivity contribution in [1.29, 1.82) is 5.41 Å². The number of nitrogens with zero attached hydrogens (tertiary/aromatic N) is 1. The first-order valence-corrected chi connectivity index (χ1v) is 8.62. The fraction of sp³-hybridized carbons (Fsp3) is 0.190. The lowest BCUT2D eigenvalue weighted by molar-refractivity contribution is 0.367. The van der Waals surface area contributed by atoms with E-state index >= 15 is 0 Å². The van der Waals surface area contributed by atoms with Crippen molar-refractivity contribution in [2.75, 3.05) is 0 Å². The summed E-state index contributed by atoms with van der Waals surface area (Å²) in [6, 6.07) is 11.1. The second kappa shape index (κ2) is 5.95. The van der Waals surface area contributed by atoms with E-state index in [4.69, 9.17) is 5.41 Å². The number of aromatic nitrogens is 1. The molecule has 3 aromatic rings. The van der Waals surface area contributed by atoms with Crippen molar-refractivity contribution in [3.63, 3.8) is 0 Å². The lowest BCUT2D eigenvalue weighted by atomic mass is 9.88. The largest absolute Gasteiger partial charge is 0.504 e. The molecule has 1 aromatic heterocycles. The molecule has 26 heavy (non-hydrogen) atoms. The van der Waals surface area contributed by atoms with Gasteiger partial charge < -0.3 is 25.3 Å². The summed E-state index contributed by atoms with van der Waals surface area (Å²) in [6.45, 7) is 2.90. The van der Waals surface area contributed by atoms with E-state index in [1.807, 2.05) is 12.1 Å². The number of para-hydroxylation sites is 1. The highest BCUT2D eigenvalue weighted by Gasteiger charge is 2.25. The van der Waals surface area contributed by atoms with Gasteiger partial charge in [-0.05, 0) is 37.1 Å². The van der Waals surface area contributed by atoms with Gasteiger partial charge in [-0.1, -0.05) is 29.8 Å². The molecule has 0 atom stereocenters. The van der Waals surface area contributed by atoms with Gasteiger partial charge in [-0.2, -0.15) is 0 Å². The molecule has 0 unspecified atom stereocenters. The normalized spacial score (nSPS) is 15.6. The van der Waals surface area contributed by atoms with Crippen LogP contribution in [-0.4, -0.2) is 25.6 Å². The Morgan fingerprint density at radius 2 is 1.81 bits per heavy atom. The highest BCUT2D eigenvalue weighted by atomic mass is 16.3. The van der Waals surface area contributed by atoms with Crippen molar-refractivity contribution in [3.05, 3.63) is 58.8 Å². The molecule has 1 aliphatic rings. The van der Waals surface area contributed by atoms with Crippen molar-refractivity contribution in [2.24, 2.45) is 0 Å². The molecule has 0 spiro atoms. The number of hydrogen-bond donors (Lipinski definition) is 4. The number of fused-ring (bicyclic) bond motifs is 3. The standard InChI is InChI=1S/C21H20N2O3/c1-2-23-17-6-4-3-5-14(17)15-10-12(11-16(22)19(15)23)9-13-7-8-18(24)21(26)20(13)25/h3-9,22,24-26H,2,10-11H2,1H3/b12-9+,22-16?. The van der Waals surface area contributed by atoms with E-state index in [1.165, 1.54) is 6.07 Å². The predicted molar refractivity (Wildman–Crippen MR) is 102 cm³/mol. The zero-order valence-electron chi connectivity index (χ0n) is 14.5. The molecule has 4 rings (SSSR count). The monoisotopic (exact) mass is 348 g/mol. The molecule has 0 saturated heterocycles. The van der Waals surface area contributed by atoms with Gasteiger partial charge in [-0.25, -0.2) is 0 Å². The van der Waals surface area contributed by atoms with Gasteiger partial charge >= 0.3 is 0 Å². The molecule has 2 aromatic carbocycles. The number of phenolic OH excluding ortho intramolecular Hbond substituents is 3. The second-order valence-corrected chi connectivity index (χ2v) is 6.59. The first-order chi connectivity index (χ1) is 12.5. The molecule has 132 valence electrons. The van der Waals surface area contributed by atoms with Crippen molar-refractivity contribution in [2.45, 2.75) is 26.3 Å². The first kappa shape index (κ1) is 16.3. The van der Waals surface area contributed by atoms with Crippen LogP contribution < -0.4 is 0 Å². The van der Waals surface area contributed by atoms with Crippen LogP contribution in [0.4, 0.5) is 0 Å². The van der Waals surface area contributed by atoms with Crippen LogP contribution in [0.5, 0.6) is 17.2 Å². The van der Waals surface area contributed by atoms with Crippen LogP contribution in [0.3, 0.4) is 0 Å². The van der Waals surface area contributed by atoms with Gasteiger partial charge in [0.1, 0.15) is 0 Å². The molecule has 1 heterocycles. The lowest BCUT2D eigenvalue weighted by Gasteiger charge is -2.19. The molecule has 0 amide bonds. The summed E-state index contributed by atoms with van der Waals surface area (Å²) in [5, 5.41) is 39.0. The third kappa shape index (κ3) is 2.36. The summed E-state index contributed by atoms with van der Waals surface area (Å²) in [6.07, 6.45) is 2.97. The molecule has 5 nitrogen and oxygen atoms in total. The highest BCUT2D eigenvalue weighted by molar-refractivity contribution is 6.07. The number of rotatable bonds is 2. The van der Waals surface area contributed by atoms with E-state index in [1.54, 1.807) is 12.1 Å². The fourth-order valence-corrected chi connectivity index (χ4v) is 3.85. The Balaban J connectivity index is 1.84. The molecule has 1 aliphatic carbocycles. The van der Waals surface area contributed by atoms with Gasteiger partial charge in [0, 0.05) is 29.4 Å². The molecule has 4 N–H and O–H groups in total. The van der Waals surface area contributed by atoms with E-state index in [0.29, 0.717) is 24.1 Å². The van der Waals surface area contributed by atoms with Crippen LogP contribution in [0.25, 0.3) is 17.0 Å². The molecule has 0 saturated carbocycles. The number of allylic oxidation sites excluding steroid dienone is 1. The first-order valence-electron chi connectivity index (χ1n) is 8.62. The molecule has 0 fully saturated rings. The zero-order valence-corrected chi connectivity index (χ0v) is 14.5. The number of aryl methyl sites for hydroxylation is 1. The topological polar surface area (TPSA) is 89.5 Å². The Morgan fingerprint density at radius 1 is 1.04 bits per heavy atom. The average Bonchev–Trinajstić information content (AvgIpc) is 2.97. The van der Waals surface area contributed by atoms with Crippen LogP contribution in [0.2, 0.25) is 0 Å². The third-order valence-corrected chi connectivity index (χ3v) is 5.01. The number of nitrogens with one attached hydrogen (secondary N) is 1. The summed E-state index contributed by atoms with van der Waals surface area (Å²) >= 11 is 0. The number of hydrogen-bond acceptors (Lipinski definition) is 4. The Labute approximate surface area is 151 Å². The maximum Gasteiger partial charge on any atom is 0.200 e. The Morgan fingerprint density at radius 3 is 2.58 bits per heavy atom. The van der Waals surface area contributed by atoms with Gasteiger partial charge in [-0.15, -0.1) is 0 Å². The van der Waals surface area contributed by atoms with Crippen LogP contribution >= 0.6 is 0 Å². The molecular weight excluding hydrogens is 328 g/mol. The minimum Gasteiger partial charge on any atom is -0.504 e. The quantitative estimate of drug-likeness (QED) is 0.524. The van der Waals surface area contributed by atoms with Gasteiger partial charge in [-0.3, -0.25) is 0 Å². The van der Waals surface area contributed by atoms with Crippen LogP contribution in [-0.2, 0) is 13.0 Å². The van der Waals surface area contributed by atoms with Gasteiger partial charge in [0.15, 0.2) is 11.5 Å². The van der Waals surface area contributed by atoms with E-state index in [-0.39, 0.29) is 11.5 Å². The molecule has 5 heteroatoms. The number of aromatic hydroxyl groups is 3. The Hall–Kier alpha value is -3.21. The predicted octanol–water partition coefficient (Wildman–Crippen LogP) is 4.18. The summed E-state index contributed by atoms with van der Waals surface area (Å²) in [7, 11) is 0. The SMILES string of the molecule is CCn1c2c(c3ccccc31)C/C(=C\c1ccc(O)c(O)c1O)CC2=N. The highest BCUT2D eigenvalue weighted by Crippen LogP contribution is 2.40. The molecule has 0 aliphatic heterocycles. The minimum absolute atomic E-state index is 0.342. The maximum atomic E-state index is 10.1. The summed E-state index contributed by atoms with van der Waals surface area (Å²) in [5.74, 6) is -1.21. The van der Waals surface area contributed by atoms with Crippen molar-refractivity contribution in [1.82, 2.24) is 4.57 Å². The van der Waals surface area contributed by atoms with Gasteiger partial charge in [0.25, 0.3) is 0 Å². The van der Waals surface area contributed by atoms with Crippen LogP contribution in [0.1, 0.15) is 30.2 Å².